The summed E-state index contributed by atoms with van der Waals surface area (Å²) in [6, 6.07) is 5.93. The van der Waals surface area contributed by atoms with Gasteiger partial charge in [0, 0.05) is 10.5 Å². The van der Waals surface area contributed by atoms with E-state index in [1.54, 1.807) is 12.1 Å². The van der Waals surface area contributed by atoms with Gasteiger partial charge in [-0.2, -0.15) is 0 Å². The molecule has 0 saturated carbocycles. The fraction of sp³-hybridized carbons (Fsp3) is 0. The molecule has 0 atom stereocenters. The van der Waals surface area contributed by atoms with E-state index < -0.39 is 0 Å². The molecule has 0 spiro atoms. The number of hydrogen-bond donors (Lipinski definition) is 1. The number of hydrogen-bond acceptors (Lipinski definition) is 3. The normalized spacial score (nSPS) is 10.3. The van der Waals surface area contributed by atoms with E-state index in [0.717, 1.165) is 0 Å². The Morgan fingerprint density at radius 3 is 2.59 bits per heavy atom. The standard InChI is InChI=1S/C11H7Br2FN2O/c12-6-1-7(14)3-9(2-6)17-11-10(13)4-8(15)5-16-11/h1-5H,15H2. The van der Waals surface area contributed by atoms with E-state index in [0.29, 0.717) is 26.3 Å². The summed E-state index contributed by atoms with van der Waals surface area (Å²) in [5.74, 6) is 0.299. The van der Waals surface area contributed by atoms with Crippen molar-refractivity contribution in [1.29, 1.82) is 0 Å². The van der Waals surface area contributed by atoms with Gasteiger partial charge in [0.1, 0.15) is 11.6 Å². The Balaban J connectivity index is 2.31. The molecule has 17 heavy (non-hydrogen) atoms. The van der Waals surface area contributed by atoms with Crippen LogP contribution in [0.3, 0.4) is 0 Å². The largest absolute Gasteiger partial charge is 0.438 e. The lowest BCUT2D eigenvalue weighted by atomic mass is 10.3. The summed E-state index contributed by atoms with van der Waals surface area (Å²) < 4.78 is 19.8. The molecule has 0 aliphatic heterocycles. The molecular weight excluding hydrogens is 355 g/mol. The molecule has 2 N–H and O–H groups in total. The molecule has 0 fully saturated rings. The van der Waals surface area contributed by atoms with E-state index in [9.17, 15) is 4.39 Å². The van der Waals surface area contributed by atoms with E-state index in [1.165, 1.54) is 18.3 Å². The molecule has 6 heteroatoms. The van der Waals surface area contributed by atoms with Crippen LogP contribution in [-0.2, 0) is 0 Å². The van der Waals surface area contributed by atoms with Crippen molar-refractivity contribution >= 4 is 37.5 Å². The van der Waals surface area contributed by atoms with Gasteiger partial charge in [-0.05, 0) is 34.1 Å². The van der Waals surface area contributed by atoms with Gasteiger partial charge < -0.3 is 10.5 Å². The number of ether oxygens (including phenoxy) is 1. The highest BCUT2D eigenvalue weighted by molar-refractivity contribution is 9.10. The average Bonchev–Trinajstić information content (AvgIpc) is 2.21. The molecule has 0 aliphatic carbocycles. The van der Waals surface area contributed by atoms with Crippen molar-refractivity contribution in [3.63, 3.8) is 0 Å². The zero-order chi connectivity index (χ0) is 12.4. The van der Waals surface area contributed by atoms with Crippen LogP contribution in [-0.4, -0.2) is 4.98 Å². The zero-order valence-electron chi connectivity index (χ0n) is 8.45. The predicted octanol–water partition coefficient (Wildman–Crippen LogP) is 4.12. The van der Waals surface area contributed by atoms with Crippen LogP contribution < -0.4 is 10.5 Å². The van der Waals surface area contributed by atoms with Gasteiger partial charge in [0.15, 0.2) is 0 Å². The fourth-order valence-corrected chi connectivity index (χ4v) is 2.11. The van der Waals surface area contributed by atoms with Gasteiger partial charge in [-0.15, -0.1) is 0 Å². The highest BCUT2D eigenvalue weighted by Gasteiger charge is 2.06. The quantitative estimate of drug-likeness (QED) is 0.875. The first-order valence-corrected chi connectivity index (χ1v) is 6.18. The van der Waals surface area contributed by atoms with Gasteiger partial charge in [-0.3, -0.25) is 0 Å². The summed E-state index contributed by atoms with van der Waals surface area (Å²) in [6.07, 6.45) is 1.47. The average molecular weight is 362 g/mol. The van der Waals surface area contributed by atoms with Crippen LogP contribution in [0.2, 0.25) is 0 Å². The van der Waals surface area contributed by atoms with Crippen molar-refractivity contribution < 1.29 is 9.13 Å². The number of anilines is 1. The summed E-state index contributed by atoms with van der Waals surface area (Å²) in [7, 11) is 0. The second-order valence-electron chi connectivity index (χ2n) is 3.26. The third kappa shape index (κ3) is 3.17. The molecule has 1 heterocycles. The van der Waals surface area contributed by atoms with Gasteiger partial charge in [0.25, 0.3) is 0 Å². The lowest BCUT2D eigenvalue weighted by molar-refractivity contribution is 0.455. The maximum absolute atomic E-state index is 13.1. The molecule has 2 rings (SSSR count). The molecule has 0 aliphatic rings. The first-order chi connectivity index (χ1) is 8.04. The van der Waals surface area contributed by atoms with E-state index in [2.05, 4.69) is 36.8 Å². The van der Waals surface area contributed by atoms with Gasteiger partial charge in [0.2, 0.25) is 5.88 Å². The third-order valence-corrected chi connectivity index (χ3v) is 2.91. The Morgan fingerprint density at radius 1 is 1.18 bits per heavy atom. The van der Waals surface area contributed by atoms with Crippen molar-refractivity contribution in [1.82, 2.24) is 4.98 Å². The van der Waals surface area contributed by atoms with Crippen LogP contribution in [0.1, 0.15) is 0 Å². The first-order valence-electron chi connectivity index (χ1n) is 4.59. The van der Waals surface area contributed by atoms with Crippen molar-refractivity contribution in [2.75, 3.05) is 5.73 Å². The van der Waals surface area contributed by atoms with E-state index in [4.69, 9.17) is 10.5 Å². The Kier molecular flexibility index (Phi) is 3.63. The number of nitrogen functional groups attached to an aromatic ring is 1. The van der Waals surface area contributed by atoms with Crippen molar-refractivity contribution in [3.05, 3.63) is 45.2 Å². The summed E-state index contributed by atoms with van der Waals surface area (Å²) in [5, 5.41) is 0. The monoisotopic (exact) mass is 360 g/mol. The summed E-state index contributed by atoms with van der Waals surface area (Å²) in [6.45, 7) is 0. The Hall–Kier alpha value is -1.14. The second-order valence-corrected chi connectivity index (χ2v) is 5.03. The number of aromatic nitrogens is 1. The smallest absolute Gasteiger partial charge is 0.233 e. The van der Waals surface area contributed by atoms with Crippen LogP contribution in [0.5, 0.6) is 11.6 Å². The van der Waals surface area contributed by atoms with Crippen LogP contribution >= 0.6 is 31.9 Å². The van der Waals surface area contributed by atoms with E-state index in [1.807, 2.05) is 0 Å². The molecule has 88 valence electrons. The van der Waals surface area contributed by atoms with Gasteiger partial charge in [0.05, 0.1) is 16.4 Å². The fourth-order valence-electron chi connectivity index (χ4n) is 1.21. The van der Waals surface area contributed by atoms with E-state index in [-0.39, 0.29) is 5.82 Å². The minimum atomic E-state index is -0.388. The molecule has 2 aromatic rings. The first kappa shape index (κ1) is 12.3. The predicted molar refractivity (Wildman–Crippen MR) is 70.5 cm³/mol. The van der Waals surface area contributed by atoms with Crippen LogP contribution in [0, 0.1) is 5.82 Å². The SMILES string of the molecule is Nc1cnc(Oc2cc(F)cc(Br)c2)c(Br)c1. The number of rotatable bonds is 2. The lowest BCUT2D eigenvalue weighted by Gasteiger charge is -2.07. The highest BCUT2D eigenvalue weighted by atomic mass is 79.9. The molecule has 1 aromatic heterocycles. The summed E-state index contributed by atoms with van der Waals surface area (Å²) in [4.78, 5) is 4.00. The molecule has 0 unspecified atom stereocenters. The van der Waals surface area contributed by atoms with Crippen LogP contribution in [0.15, 0.2) is 39.4 Å². The van der Waals surface area contributed by atoms with E-state index >= 15 is 0 Å². The van der Waals surface area contributed by atoms with Crippen molar-refractivity contribution in [2.24, 2.45) is 0 Å². The van der Waals surface area contributed by atoms with Crippen LogP contribution in [0.4, 0.5) is 10.1 Å². The molecule has 0 bridgehead atoms. The maximum Gasteiger partial charge on any atom is 0.233 e. The molecule has 0 saturated heterocycles. The third-order valence-electron chi connectivity index (χ3n) is 1.88. The molecule has 1 aromatic carbocycles. The Bertz CT molecular complexity index is 543. The molecule has 3 nitrogen and oxygen atoms in total. The lowest BCUT2D eigenvalue weighted by Crippen LogP contribution is -1.92. The van der Waals surface area contributed by atoms with Gasteiger partial charge in [-0.25, -0.2) is 9.37 Å². The van der Waals surface area contributed by atoms with Gasteiger partial charge in [-0.1, -0.05) is 15.9 Å². The number of nitrogens with zero attached hydrogens (tertiary/aromatic N) is 1. The van der Waals surface area contributed by atoms with Crippen molar-refractivity contribution in [2.45, 2.75) is 0 Å². The second kappa shape index (κ2) is 5.01. The number of halogens is 3. The molecular formula is C11H7Br2FN2O. The Labute approximate surface area is 114 Å². The Morgan fingerprint density at radius 2 is 1.94 bits per heavy atom. The molecule has 0 radical (unpaired) electrons. The topological polar surface area (TPSA) is 48.1 Å². The minimum Gasteiger partial charge on any atom is -0.438 e. The number of benzene rings is 1. The zero-order valence-corrected chi connectivity index (χ0v) is 11.6. The summed E-state index contributed by atoms with van der Waals surface area (Å²) in [5.41, 5.74) is 6.07. The molecule has 0 amide bonds. The van der Waals surface area contributed by atoms with Crippen molar-refractivity contribution in [3.8, 4) is 11.6 Å². The number of pyridine rings is 1. The summed E-state index contributed by atoms with van der Waals surface area (Å²) >= 11 is 6.45. The maximum atomic E-state index is 13.1. The number of nitrogens with two attached hydrogens (primary N) is 1. The highest BCUT2D eigenvalue weighted by Crippen LogP contribution is 2.30. The minimum absolute atomic E-state index is 0.330. The van der Waals surface area contributed by atoms with Crippen LogP contribution in [0.25, 0.3) is 0 Å². The van der Waals surface area contributed by atoms with Gasteiger partial charge >= 0.3 is 0 Å².